The van der Waals surface area contributed by atoms with Gasteiger partial charge in [0.1, 0.15) is 0 Å². The molecule has 102 valence electrons. The summed E-state index contributed by atoms with van der Waals surface area (Å²) < 4.78 is 1.01. The normalized spacial score (nSPS) is 20.7. The fourth-order valence-electron chi connectivity index (χ4n) is 2.33. The van der Waals surface area contributed by atoms with Gasteiger partial charge < -0.3 is 4.90 Å². The van der Waals surface area contributed by atoms with E-state index in [1.807, 2.05) is 36.1 Å². The lowest BCUT2D eigenvalue weighted by molar-refractivity contribution is -0.129. The molecule has 1 saturated heterocycles. The third-order valence-electron chi connectivity index (χ3n) is 3.25. The monoisotopic (exact) mass is 341 g/mol. The quantitative estimate of drug-likeness (QED) is 0.845. The smallest absolute Gasteiger partial charge is 0.224 e. The Morgan fingerprint density at radius 3 is 2.89 bits per heavy atom. The molecule has 19 heavy (non-hydrogen) atoms. The molecule has 0 spiro atoms. The first-order chi connectivity index (χ1) is 8.97. The summed E-state index contributed by atoms with van der Waals surface area (Å²) in [6.45, 7) is 4.23. The number of nitrogens with zero attached hydrogens (tertiary/aromatic N) is 1. The van der Waals surface area contributed by atoms with E-state index in [-0.39, 0.29) is 22.3 Å². The number of likely N-dealkylation sites (tertiary alicyclic amines) is 1. The van der Waals surface area contributed by atoms with Crippen molar-refractivity contribution >= 4 is 38.7 Å². The first-order valence-electron chi connectivity index (χ1n) is 6.19. The van der Waals surface area contributed by atoms with E-state index in [1.54, 1.807) is 6.92 Å². The predicted molar refractivity (Wildman–Crippen MR) is 80.9 cm³/mol. The summed E-state index contributed by atoms with van der Waals surface area (Å²) in [5.74, 6) is 0.131. The molecule has 1 fully saturated rings. The Kier molecular flexibility index (Phi) is 4.68. The topological polar surface area (TPSA) is 37.4 Å². The van der Waals surface area contributed by atoms with E-state index in [4.69, 9.17) is 0 Å². The average molecular weight is 342 g/mol. The summed E-state index contributed by atoms with van der Waals surface area (Å²) in [7, 11) is 0. The first-order valence-corrected chi connectivity index (χ1v) is 7.87. The van der Waals surface area contributed by atoms with Gasteiger partial charge in [-0.2, -0.15) is 0 Å². The van der Waals surface area contributed by atoms with Crippen molar-refractivity contribution in [3.63, 3.8) is 0 Å². The van der Waals surface area contributed by atoms with Crippen LogP contribution in [0.25, 0.3) is 0 Å². The number of rotatable bonds is 3. The van der Waals surface area contributed by atoms with Crippen LogP contribution in [0.4, 0.5) is 0 Å². The number of thioether (sulfide) groups is 1. The van der Waals surface area contributed by atoms with Crippen LogP contribution in [0.3, 0.4) is 0 Å². The Morgan fingerprint density at radius 1 is 1.53 bits per heavy atom. The SMILES string of the molecule is CC(=O)SC1CC(=O)N(C(C)c2cccc(Br)c2)C1. The molecule has 0 radical (unpaired) electrons. The molecule has 1 aromatic carbocycles. The van der Waals surface area contributed by atoms with E-state index in [1.165, 1.54) is 11.8 Å². The summed E-state index contributed by atoms with van der Waals surface area (Å²) in [5, 5.41) is 0.175. The third-order valence-corrected chi connectivity index (χ3v) is 4.73. The predicted octanol–water partition coefficient (Wildman–Crippen LogP) is 3.39. The molecule has 1 aliphatic heterocycles. The highest BCUT2D eigenvalue weighted by Gasteiger charge is 2.34. The Labute approximate surface area is 125 Å². The molecule has 1 aromatic rings. The van der Waals surface area contributed by atoms with Crippen LogP contribution in [0.2, 0.25) is 0 Å². The molecule has 0 saturated carbocycles. The maximum absolute atomic E-state index is 12.1. The van der Waals surface area contributed by atoms with E-state index < -0.39 is 0 Å². The van der Waals surface area contributed by atoms with E-state index in [9.17, 15) is 9.59 Å². The molecular formula is C14H16BrNO2S. The molecule has 5 heteroatoms. The fraction of sp³-hybridized carbons (Fsp3) is 0.429. The molecule has 3 nitrogen and oxygen atoms in total. The number of halogens is 1. The van der Waals surface area contributed by atoms with Crippen molar-refractivity contribution < 1.29 is 9.59 Å². The zero-order valence-corrected chi connectivity index (χ0v) is 13.3. The van der Waals surface area contributed by atoms with Crippen LogP contribution in [0.15, 0.2) is 28.7 Å². The lowest BCUT2D eigenvalue weighted by Gasteiger charge is -2.25. The largest absolute Gasteiger partial charge is 0.335 e. The summed E-state index contributed by atoms with van der Waals surface area (Å²) in [6.07, 6.45) is 0.461. The van der Waals surface area contributed by atoms with E-state index in [0.29, 0.717) is 13.0 Å². The molecule has 1 heterocycles. The lowest BCUT2D eigenvalue weighted by Crippen LogP contribution is -2.28. The van der Waals surface area contributed by atoms with Crippen LogP contribution in [0, 0.1) is 0 Å². The van der Waals surface area contributed by atoms with Crippen LogP contribution >= 0.6 is 27.7 Å². The van der Waals surface area contributed by atoms with Gasteiger partial charge in [0.05, 0.1) is 6.04 Å². The van der Waals surface area contributed by atoms with Gasteiger partial charge in [0.15, 0.2) is 5.12 Å². The average Bonchev–Trinajstić information content (AvgIpc) is 2.68. The Morgan fingerprint density at radius 2 is 2.26 bits per heavy atom. The van der Waals surface area contributed by atoms with Crippen LogP contribution < -0.4 is 0 Å². The van der Waals surface area contributed by atoms with Gasteiger partial charge in [-0.25, -0.2) is 0 Å². The summed E-state index contributed by atoms with van der Waals surface area (Å²) in [6, 6.07) is 8.04. The Hall–Kier alpha value is -0.810. The van der Waals surface area contributed by atoms with Crippen molar-refractivity contribution in [1.29, 1.82) is 0 Å². The van der Waals surface area contributed by atoms with Crippen molar-refractivity contribution in [2.24, 2.45) is 0 Å². The van der Waals surface area contributed by atoms with Crippen molar-refractivity contribution in [3.05, 3.63) is 34.3 Å². The summed E-state index contributed by atoms with van der Waals surface area (Å²) in [4.78, 5) is 25.0. The number of hydrogen-bond acceptors (Lipinski definition) is 3. The van der Waals surface area contributed by atoms with Crippen molar-refractivity contribution in [1.82, 2.24) is 4.90 Å². The number of benzene rings is 1. The molecule has 0 N–H and O–H groups in total. The fourth-order valence-corrected chi connectivity index (χ4v) is 3.68. The molecular weight excluding hydrogens is 326 g/mol. The van der Waals surface area contributed by atoms with Crippen LogP contribution in [-0.2, 0) is 9.59 Å². The zero-order valence-electron chi connectivity index (χ0n) is 10.9. The van der Waals surface area contributed by atoms with Crippen LogP contribution in [0.1, 0.15) is 31.9 Å². The van der Waals surface area contributed by atoms with Gasteiger partial charge >= 0.3 is 0 Å². The summed E-state index contributed by atoms with van der Waals surface area (Å²) >= 11 is 4.72. The molecule has 1 amide bonds. The van der Waals surface area contributed by atoms with Gasteiger partial charge in [0.2, 0.25) is 5.91 Å². The van der Waals surface area contributed by atoms with Gasteiger partial charge in [-0.1, -0.05) is 39.8 Å². The minimum atomic E-state index is 0.0440. The summed E-state index contributed by atoms with van der Waals surface area (Å²) in [5.41, 5.74) is 1.11. The Balaban J connectivity index is 2.09. The van der Waals surface area contributed by atoms with Gasteiger partial charge in [-0.05, 0) is 24.6 Å². The van der Waals surface area contributed by atoms with Gasteiger partial charge in [0, 0.05) is 29.6 Å². The second kappa shape index (κ2) is 6.09. The van der Waals surface area contributed by atoms with Crippen LogP contribution in [0.5, 0.6) is 0 Å². The van der Waals surface area contributed by atoms with Gasteiger partial charge in [-0.15, -0.1) is 0 Å². The van der Waals surface area contributed by atoms with Crippen molar-refractivity contribution in [3.8, 4) is 0 Å². The number of carbonyl (C=O) groups excluding carboxylic acids is 2. The van der Waals surface area contributed by atoms with Crippen LogP contribution in [-0.4, -0.2) is 27.7 Å². The number of carbonyl (C=O) groups is 2. The first kappa shape index (κ1) is 14.6. The second-order valence-corrected chi connectivity index (χ2v) is 7.11. The van der Waals surface area contributed by atoms with E-state index >= 15 is 0 Å². The van der Waals surface area contributed by atoms with E-state index in [0.717, 1.165) is 10.0 Å². The second-order valence-electron chi connectivity index (χ2n) is 4.71. The highest BCUT2D eigenvalue weighted by molar-refractivity contribution is 9.10. The molecule has 1 aliphatic rings. The molecule has 2 unspecified atom stereocenters. The van der Waals surface area contributed by atoms with E-state index in [2.05, 4.69) is 15.9 Å². The molecule has 0 aromatic heterocycles. The maximum atomic E-state index is 12.1. The minimum Gasteiger partial charge on any atom is -0.335 e. The maximum Gasteiger partial charge on any atom is 0.224 e. The highest BCUT2D eigenvalue weighted by Crippen LogP contribution is 2.31. The van der Waals surface area contributed by atoms with Crippen molar-refractivity contribution in [2.75, 3.05) is 6.54 Å². The Bertz CT molecular complexity index is 506. The third kappa shape index (κ3) is 3.60. The zero-order chi connectivity index (χ0) is 14.0. The molecule has 0 aliphatic carbocycles. The lowest BCUT2D eigenvalue weighted by atomic mass is 10.1. The standard InChI is InChI=1S/C14H16BrNO2S/c1-9(11-4-3-5-12(15)6-11)16-8-13(7-14(16)18)19-10(2)17/h3-6,9,13H,7-8H2,1-2H3. The number of hydrogen-bond donors (Lipinski definition) is 0. The highest BCUT2D eigenvalue weighted by atomic mass is 79.9. The van der Waals surface area contributed by atoms with Crippen molar-refractivity contribution in [2.45, 2.75) is 31.6 Å². The molecule has 2 atom stereocenters. The molecule has 2 rings (SSSR count). The van der Waals surface area contributed by atoms with Gasteiger partial charge in [-0.3, -0.25) is 9.59 Å². The molecule has 0 bridgehead atoms. The van der Waals surface area contributed by atoms with Gasteiger partial charge in [0.25, 0.3) is 0 Å². The minimum absolute atomic E-state index is 0.0440. The number of amides is 1.